The van der Waals surface area contributed by atoms with Gasteiger partial charge in [-0.15, -0.1) is 0 Å². The van der Waals surface area contributed by atoms with Gasteiger partial charge >= 0.3 is 0 Å². The molecule has 0 radical (unpaired) electrons. The smallest absolute Gasteiger partial charge is 0.270 e. The fraction of sp³-hybridized carbons (Fsp3) is 0.214. The first-order valence-electron chi connectivity index (χ1n) is 5.96. The number of hydrogen-bond donors (Lipinski definition) is 2. The van der Waals surface area contributed by atoms with Crippen molar-refractivity contribution in [1.29, 1.82) is 0 Å². The highest BCUT2D eigenvalue weighted by molar-refractivity contribution is 9.10. The molecule has 0 saturated heterocycles. The molecule has 6 heteroatoms. The van der Waals surface area contributed by atoms with E-state index in [0.717, 1.165) is 10.0 Å². The lowest BCUT2D eigenvalue weighted by Crippen LogP contribution is -2.26. The van der Waals surface area contributed by atoms with Crippen LogP contribution in [0.3, 0.4) is 0 Å². The first-order chi connectivity index (χ1) is 9.51. The summed E-state index contributed by atoms with van der Waals surface area (Å²) in [6, 6.07) is 6.75. The standard InChI is InChI=1S/C14H15BrN2O3/c1-17(14(19)11-6-10(15)7-16-11)8-9-3-4-12(18)13(5-9)20-2/h3-7,16,18H,8H2,1-2H3. The Labute approximate surface area is 125 Å². The maximum absolute atomic E-state index is 12.2. The van der Waals surface area contributed by atoms with Crippen LogP contribution in [0.15, 0.2) is 34.9 Å². The van der Waals surface area contributed by atoms with Gasteiger partial charge in [0, 0.05) is 24.3 Å². The first kappa shape index (κ1) is 14.5. The van der Waals surface area contributed by atoms with E-state index in [0.29, 0.717) is 18.0 Å². The number of aromatic amines is 1. The number of aromatic nitrogens is 1. The summed E-state index contributed by atoms with van der Waals surface area (Å²) in [5, 5.41) is 9.54. The van der Waals surface area contributed by atoms with Crippen molar-refractivity contribution in [2.45, 2.75) is 6.54 Å². The van der Waals surface area contributed by atoms with Gasteiger partial charge in [-0.2, -0.15) is 0 Å². The van der Waals surface area contributed by atoms with Gasteiger partial charge < -0.3 is 19.7 Å². The fourth-order valence-corrected chi connectivity index (χ4v) is 2.21. The van der Waals surface area contributed by atoms with Gasteiger partial charge in [-0.25, -0.2) is 0 Å². The third-order valence-electron chi connectivity index (χ3n) is 2.89. The van der Waals surface area contributed by atoms with Crippen molar-refractivity contribution >= 4 is 21.8 Å². The van der Waals surface area contributed by atoms with E-state index in [1.165, 1.54) is 7.11 Å². The largest absolute Gasteiger partial charge is 0.504 e. The highest BCUT2D eigenvalue weighted by Gasteiger charge is 2.14. The zero-order chi connectivity index (χ0) is 14.7. The van der Waals surface area contributed by atoms with Crippen molar-refractivity contribution in [3.63, 3.8) is 0 Å². The van der Waals surface area contributed by atoms with E-state index in [1.54, 1.807) is 42.4 Å². The molecule has 0 atom stereocenters. The van der Waals surface area contributed by atoms with Crippen molar-refractivity contribution in [2.75, 3.05) is 14.2 Å². The van der Waals surface area contributed by atoms with Crippen molar-refractivity contribution in [3.8, 4) is 11.5 Å². The second kappa shape index (κ2) is 6.00. The number of H-pyrrole nitrogens is 1. The summed E-state index contributed by atoms with van der Waals surface area (Å²) in [5.74, 6) is 0.368. The van der Waals surface area contributed by atoms with Gasteiger partial charge in [0.05, 0.1) is 7.11 Å². The SMILES string of the molecule is COc1cc(CN(C)C(=O)c2cc(Br)c[nH]2)ccc1O. The van der Waals surface area contributed by atoms with Gasteiger partial charge in [0.25, 0.3) is 5.91 Å². The average molecular weight is 339 g/mol. The van der Waals surface area contributed by atoms with E-state index in [-0.39, 0.29) is 11.7 Å². The molecule has 0 unspecified atom stereocenters. The molecule has 20 heavy (non-hydrogen) atoms. The molecule has 2 N–H and O–H groups in total. The Morgan fingerprint density at radius 2 is 2.20 bits per heavy atom. The third-order valence-corrected chi connectivity index (χ3v) is 3.35. The van der Waals surface area contributed by atoms with Crippen LogP contribution >= 0.6 is 15.9 Å². The molecule has 0 spiro atoms. The number of carbonyl (C=O) groups excluding carboxylic acids is 1. The number of phenolic OH excluding ortho intramolecular Hbond substituents is 1. The van der Waals surface area contributed by atoms with E-state index in [1.807, 2.05) is 0 Å². The Balaban J connectivity index is 2.11. The van der Waals surface area contributed by atoms with Crippen molar-refractivity contribution in [3.05, 3.63) is 46.2 Å². The highest BCUT2D eigenvalue weighted by atomic mass is 79.9. The summed E-state index contributed by atoms with van der Waals surface area (Å²) in [5.41, 5.74) is 1.39. The van der Waals surface area contributed by atoms with Gasteiger partial charge in [0.1, 0.15) is 5.69 Å². The Kier molecular flexibility index (Phi) is 4.34. The minimum Gasteiger partial charge on any atom is -0.504 e. The topological polar surface area (TPSA) is 65.6 Å². The molecule has 0 aliphatic heterocycles. The quantitative estimate of drug-likeness (QED) is 0.900. The molecule has 106 valence electrons. The zero-order valence-electron chi connectivity index (χ0n) is 11.2. The van der Waals surface area contributed by atoms with E-state index < -0.39 is 0 Å². The number of hydrogen-bond acceptors (Lipinski definition) is 3. The van der Waals surface area contributed by atoms with Gasteiger partial charge in [-0.05, 0) is 39.7 Å². The monoisotopic (exact) mass is 338 g/mol. The van der Waals surface area contributed by atoms with E-state index in [4.69, 9.17) is 4.74 Å². The van der Waals surface area contributed by atoms with Crippen LogP contribution in [0.4, 0.5) is 0 Å². The van der Waals surface area contributed by atoms with Gasteiger partial charge in [0.15, 0.2) is 11.5 Å². The van der Waals surface area contributed by atoms with Gasteiger partial charge in [0.2, 0.25) is 0 Å². The van der Waals surface area contributed by atoms with Crippen molar-refractivity contribution in [2.24, 2.45) is 0 Å². The number of methoxy groups -OCH3 is 1. The molecular weight excluding hydrogens is 324 g/mol. The van der Waals surface area contributed by atoms with E-state index >= 15 is 0 Å². The summed E-state index contributed by atoms with van der Waals surface area (Å²) >= 11 is 3.30. The summed E-state index contributed by atoms with van der Waals surface area (Å²) in [7, 11) is 3.21. The molecule has 5 nitrogen and oxygen atoms in total. The molecular formula is C14H15BrN2O3. The molecule has 2 aromatic rings. The van der Waals surface area contributed by atoms with E-state index in [9.17, 15) is 9.90 Å². The number of amides is 1. The lowest BCUT2D eigenvalue weighted by atomic mass is 10.2. The van der Waals surface area contributed by atoms with Crippen LogP contribution in [0.5, 0.6) is 11.5 Å². The third kappa shape index (κ3) is 3.14. The molecule has 2 rings (SSSR count). The number of rotatable bonds is 4. The molecule has 0 fully saturated rings. The molecule has 1 amide bonds. The van der Waals surface area contributed by atoms with Crippen molar-refractivity contribution < 1.29 is 14.6 Å². The number of aromatic hydroxyl groups is 1. The van der Waals surface area contributed by atoms with Crippen LogP contribution in [0.25, 0.3) is 0 Å². The number of carbonyl (C=O) groups is 1. The van der Waals surface area contributed by atoms with Gasteiger partial charge in [-0.3, -0.25) is 4.79 Å². The minimum absolute atomic E-state index is 0.0820. The fourth-order valence-electron chi connectivity index (χ4n) is 1.86. The van der Waals surface area contributed by atoms with Crippen LogP contribution in [-0.4, -0.2) is 35.1 Å². The molecule has 0 aliphatic carbocycles. The Hall–Kier alpha value is -1.95. The second-order valence-corrected chi connectivity index (χ2v) is 5.31. The highest BCUT2D eigenvalue weighted by Crippen LogP contribution is 2.26. The molecule has 0 bridgehead atoms. The Morgan fingerprint density at radius 3 is 2.80 bits per heavy atom. The number of phenols is 1. The number of ether oxygens (including phenoxy) is 1. The summed E-state index contributed by atoms with van der Waals surface area (Å²) in [6.07, 6.45) is 1.71. The lowest BCUT2D eigenvalue weighted by molar-refractivity contribution is 0.0780. The van der Waals surface area contributed by atoms with Crippen LogP contribution in [0, 0.1) is 0 Å². The van der Waals surface area contributed by atoms with Crippen LogP contribution < -0.4 is 4.74 Å². The predicted molar refractivity (Wildman–Crippen MR) is 78.9 cm³/mol. The number of benzene rings is 1. The average Bonchev–Trinajstić information content (AvgIpc) is 2.86. The second-order valence-electron chi connectivity index (χ2n) is 4.40. The molecule has 1 heterocycles. The maximum Gasteiger partial charge on any atom is 0.270 e. The van der Waals surface area contributed by atoms with Crippen LogP contribution in [0.1, 0.15) is 16.1 Å². The molecule has 0 aliphatic rings. The molecule has 1 aromatic heterocycles. The minimum atomic E-state index is -0.109. The molecule has 1 aromatic carbocycles. The number of halogens is 1. The van der Waals surface area contributed by atoms with Crippen molar-refractivity contribution in [1.82, 2.24) is 9.88 Å². The Bertz CT molecular complexity index is 625. The summed E-state index contributed by atoms with van der Waals surface area (Å²) in [6.45, 7) is 0.423. The number of nitrogens with zero attached hydrogens (tertiary/aromatic N) is 1. The van der Waals surface area contributed by atoms with E-state index in [2.05, 4.69) is 20.9 Å². The van der Waals surface area contributed by atoms with Crippen LogP contribution in [0.2, 0.25) is 0 Å². The lowest BCUT2D eigenvalue weighted by Gasteiger charge is -2.17. The number of nitrogens with one attached hydrogen (secondary N) is 1. The Morgan fingerprint density at radius 1 is 1.45 bits per heavy atom. The predicted octanol–water partition coefficient (Wildman–Crippen LogP) is 2.76. The first-order valence-corrected chi connectivity index (χ1v) is 6.76. The summed E-state index contributed by atoms with van der Waals surface area (Å²) < 4.78 is 5.88. The normalized spacial score (nSPS) is 10.3. The summed E-state index contributed by atoms with van der Waals surface area (Å²) in [4.78, 5) is 16.7. The zero-order valence-corrected chi connectivity index (χ0v) is 12.8. The van der Waals surface area contributed by atoms with Gasteiger partial charge in [-0.1, -0.05) is 6.07 Å². The maximum atomic E-state index is 12.2. The van der Waals surface area contributed by atoms with Crippen LogP contribution in [-0.2, 0) is 6.54 Å². The molecule has 0 saturated carbocycles.